The molecule has 1 saturated heterocycles. The topological polar surface area (TPSA) is 38.8 Å². The summed E-state index contributed by atoms with van der Waals surface area (Å²) in [4.78, 5) is 15.2. The van der Waals surface area contributed by atoms with Crippen LogP contribution in [0.4, 0.5) is 4.79 Å². The second kappa shape index (κ2) is 6.51. The Hall–Kier alpha value is -0.553. The third kappa shape index (κ3) is 4.29. The van der Waals surface area contributed by atoms with E-state index in [1.54, 1.807) is 0 Å². The van der Waals surface area contributed by atoms with E-state index < -0.39 is 13.9 Å². The summed E-state index contributed by atoms with van der Waals surface area (Å²) in [6.07, 6.45) is 5.99. The van der Waals surface area contributed by atoms with Crippen LogP contribution in [0.1, 0.15) is 73.6 Å². The van der Waals surface area contributed by atoms with Gasteiger partial charge in [0, 0.05) is 6.04 Å². The van der Waals surface area contributed by atoms with Crippen molar-refractivity contribution < 1.29 is 14.0 Å². The van der Waals surface area contributed by atoms with Gasteiger partial charge in [0.15, 0.2) is 8.32 Å². The molecule has 4 nitrogen and oxygen atoms in total. The average Bonchev–Trinajstić information content (AvgIpc) is 3.33. The minimum absolute atomic E-state index is 0.118. The Morgan fingerprint density at radius 3 is 1.92 bits per heavy atom. The fourth-order valence-electron chi connectivity index (χ4n) is 4.01. The van der Waals surface area contributed by atoms with Gasteiger partial charge < -0.3 is 9.16 Å². The monoisotopic (exact) mass is 381 g/mol. The van der Waals surface area contributed by atoms with Gasteiger partial charge in [0.05, 0.1) is 12.1 Å². The van der Waals surface area contributed by atoms with Crippen LogP contribution in [-0.2, 0) is 9.16 Å². The largest absolute Gasteiger partial charge is 0.444 e. The Bertz CT molecular complexity index is 540. The third-order valence-electron chi connectivity index (χ3n) is 6.66. The van der Waals surface area contributed by atoms with Crippen molar-refractivity contribution in [2.24, 2.45) is 11.8 Å². The minimum Gasteiger partial charge on any atom is -0.444 e. The van der Waals surface area contributed by atoms with E-state index >= 15 is 0 Å². The number of amides is 1. The zero-order chi connectivity index (χ0) is 19.5. The molecule has 0 aromatic heterocycles. The molecule has 3 rings (SSSR count). The van der Waals surface area contributed by atoms with Crippen molar-refractivity contribution in [3.63, 3.8) is 0 Å². The molecular weight excluding hydrogens is 342 g/mol. The lowest BCUT2D eigenvalue weighted by Crippen LogP contribution is -2.51. The maximum atomic E-state index is 13.1. The molecule has 0 spiro atoms. The number of hydrogen-bond donors (Lipinski definition) is 0. The number of likely N-dealkylation sites (tertiary alicyclic amines) is 1. The fraction of sp³-hybridized carbons (Fsp3) is 0.952. The zero-order valence-corrected chi connectivity index (χ0v) is 19.1. The standard InChI is InChI=1S/C21H39NO3Si/c1-20(2,3)24-19(23)22-16(14-9-10-14)13-17(18(22)15-11-12-15)25-26(7,8)21(4,5)6/h14-18H,9-13H2,1-8H3. The van der Waals surface area contributed by atoms with Gasteiger partial charge in [-0.05, 0) is 82.8 Å². The van der Waals surface area contributed by atoms with Crippen LogP contribution in [0.3, 0.4) is 0 Å². The highest BCUT2D eigenvalue weighted by atomic mass is 28.4. The quantitative estimate of drug-likeness (QED) is 0.597. The predicted molar refractivity (Wildman–Crippen MR) is 108 cm³/mol. The van der Waals surface area contributed by atoms with Crippen LogP contribution >= 0.6 is 0 Å². The van der Waals surface area contributed by atoms with Crippen molar-refractivity contribution in [1.29, 1.82) is 0 Å². The van der Waals surface area contributed by atoms with Crippen LogP contribution in [0.2, 0.25) is 18.1 Å². The number of carbonyl (C=O) groups is 1. The van der Waals surface area contributed by atoms with Crippen molar-refractivity contribution in [3.8, 4) is 0 Å². The van der Waals surface area contributed by atoms with Crippen molar-refractivity contribution in [1.82, 2.24) is 4.90 Å². The summed E-state index contributed by atoms with van der Waals surface area (Å²) in [5, 5.41) is 0.190. The van der Waals surface area contributed by atoms with E-state index in [1.807, 2.05) is 20.8 Å². The van der Waals surface area contributed by atoms with Crippen LogP contribution in [-0.4, -0.2) is 43.1 Å². The van der Waals surface area contributed by atoms with Gasteiger partial charge in [0.25, 0.3) is 0 Å². The zero-order valence-electron chi connectivity index (χ0n) is 18.1. The molecule has 2 saturated carbocycles. The van der Waals surface area contributed by atoms with E-state index in [0.717, 1.165) is 6.42 Å². The first-order valence-electron chi connectivity index (χ1n) is 10.5. The number of hydrogen-bond acceptors (Lipinski definition) is 3. The smallest absolute Gasteiger partial charge is 0.410 e. The first-order valence-corrected chi connectivity index (χ1v) is 13.4. The normalized spacial score (nSPS) is 30.6. The molecule has 1 heterocycles. The number of nitrogens with zero attached hydrogens (tertiary/aromatic N) is 1. The molecule has 26 heavy (non-hydrogen) atoms. The van der Waals surface area contributed by atoms with Crippen LogP contribution < -0.4 is 0 Å². The van der Waals surface area contributed by atoms with Gasteiger partial charge in [-0.1, -0.05) is 20.8 Å². The van der Waals surface area contributed by atoms with E-state index in [9.17, 15) is 4.79 Å². The molecule has 3 atom stereocenters. The SMILES string of the molecule is CC(C)(C)OC(=O)N1C(C2CC2)CC(O[Si](C)(C)C(C)(C)C)C1C1CC1. The van der Waals surface area contributed by atoms with E-state index in [-0.39, 0.29) is 23.3 Å². The van der Waals surface area contributed by atoms with Gasteiger partial charge in [0.1, 0.15) is 5.60 Å². The molecule has 0 bridgehead atoms. The molecule has 3 aliphatic rings. The molecule has 0 N–H and O–H groups in total. The van der Waals surface area contributed by atoms with Gasteiger partial charge in [-0.25, -0.2) is 4.79 Å². The van der Waals surface area contributed by atoms with Gasteiger partial charge in [0.2, 0.25) is 0 Å². The minimum atomic E-state index is -1.86. The average molecular weight is 382 g/mol. The summed E-state index contributed by atoms with van der Waals surface area (Å²) >= 11 is 0. The summed E-state index contributed by atoms with van der Waals surface area (Å²) in [6, 6.07) is 0.523. The Labute approximate surface area is 161 Å². The van der Waals surface area contributed by atoms with Gasteiger partial charge in [-0.2, -0.15) is 0 Å². The lowest BCUT2D eigenvalue weighted by atomic mass is 10.1. The number of rotatable bonds is 4. The van der Waals surface area contributed by atoms with Crippen molar-refractivity contribution in [2.45, 2.75) is 116 Å². The lowest BCUT2D eigenvalue weighted by molar-refractivity contribution is 0.00470. The van der Waals surface area contributed by atoms with Crippen LogP contribution in [0.5, 0.6) is 0 Å². The molecule has 2 aliphatic carbocycles. The summed E-state index contributed by atoms with van der Waals surface area (Å²) in [5.41, 5.74) is -0.447. The van der Waals surface area contributed by atoms with E-state index in [0.29, 0.717) is 17.9 Å². The summed E-state index contributed by atoms with van der Waals surface area (Å²) in [7, 11) is -1.86. The highest BCUT2D eigenvalue weighted by Crippen LogP contribution is 2.51. The Morgan fingerprint density at radius 2 is 1.50 bits per heavy atom. The van der Waals surface area contributed by atoms with Crippen LogP contribution in [0.25, 0.3) is 0 Å². The second-order valence-electron chi connectivity index (χ2n) is 11.3. The van der Waals surface area contributed by atoms with E-state index in [1.165, 1.54) is 25.7 Å². The summed E-state index contributed by atoms with van der Waals surface area (Å²) in [5.74, 6) is 1.25. The third-order valence-corrected chi connectivity index (χ3v) is 11.2. The number of ether oxygens (including phenoxy) is 1. The molecular formula is C21H39NO3Si. The first kappa shape index (κ1) is 20.2. The second-order valence-corrected chi connectivity index (χ2v) is 16.0. The van der Waals surface area contributed by atoms with Gasteiger partial charge in [-0.15, -0.1) is 0 Å². The van der Waals surface area contributed by atoms with Crippen LogP contribution in [0.15, 0.2) is 0 Å². The van der Waals surface area contributed by atoms with Crippen molar-refractivity contribution >= 4 is 14.4 Å². The molecule has 1 aliphatic heterocycles. The maximum Gasteiger partial charge on any atom is 0.410 e. The van der Waals surface area contributed by atoms with Crippen LogP contribution in [0, 0.1) is 11.8 Å². The lowest BCUT2D eigenvalue weighted by Gasteiger charge is -2.40. The fourth-order valence-corrected chi connectivity index (χ4v) is 5.35. The van der Waals surface area contributed by atoms with Gasteiger partial charge in [-0.3, -0.25) is 4.90 Å². The highest BCUT2D eigenvalue weighted by Gasteiger charge is 2.57. The molecule has 0 aromatic carbocycles. The first-order chi connectivity index (χ1) is 11.8. The summed E-state index contributed by atoms with van der Waals surface area (Å²) < 4.78 is 12.7. The predicted octanol–water partition coefficient (Wildman–Crippen LogP) is 5.57. The maximum absolute atomic E-state index is 13.1. The molecule has 3 fully saturated rings. The van der Waals surface area contributed by atoms with E-state index in [2.05, 4.69) is 38.8 Å². The molecule has 0 aromatic rings. The Balaban J connectivity index is 1.84. The molecule has 3 unspecified atom stereocenters. The van der Waals surface area contributed by atoms with Crippen molar-refractivity contribution in [3.05, 3.63) is 0 Å². The molecule has 0 radical (unpaired) electrons. The van der Waals surface area contributed by atoms with Gasteiger partial charge >= 0.3 is 6.09 Å². The van der Waals surface area contributed by atoms with E-state index in [4.69, 9.17) is 9.16 Å². The van der Waals surface area contributed by atoms with Crippen molar-refractivity contribution in [2.75, 3.05) is 0 Å². The molecule has 1 amide bonds. The Morgan fingerprint density at radius 1 is 0.962 bits per heavy atom. The highest BCUT2D eigenvalue weighted by molar-refractivity contribution is 6.74. The number of carbonyl (C=O) groups excluding carboxylic acids is 1. The Kier molecular flexibility index (Phi) is 5.05. The summed E-state index contributed by atoms with van der Waals surface area (Å²) in [6.45, 7) is 17.4. The molecule has 150 valence electrons. The molecule has 5 heteroatoms.